The third kappa shape index (κ3) is 17.2. The minimum atomic E-state index is -1.97. The number of nitrogens with zero attached hydrogens (tertiary/aromatic N) is 4. The fourth-order valence-electron chi connectivity index (χ4n) is 16.0. The molecule has 22 heteroatoms. The third-order valence-electron chi connectivity index (χ3n) is 19.8. The molecular formula is C72H110N6O16-2. The van der Waals surface area contributed by atoms with Gasteiger partial charge in [0.05, 0.1) is 25.3 Å². The molecule has 4 saturated heterocycles. The topological polar surface area (TPSA) is 319 Å². The molecule has 2 unspecified atom stereocenters. The first-order valence-corrected chi connectivity index (χ1v) is 33.4. The van der Waals surface area contributed by atoms with Gasteiger partial charge in [-0.3, -0.25) is 38.8 Å². The average molecular weight is 1320 g/mol. The minimum Gasteiger partial charge on any atom is -0.550 e. The summed E-state index contributed by atoms with van der Waals surface area (Å²) in [6, 6.07) is 6.33. The maximum Gasteiger partial charge on any atom is 0.325 e. The summed E-state index contributed by atoms with van der Waals surface area (Å²) in [6.45, 7) is 37.8. The van der Waals surface area contributed by atoms with Crippen molar-refractivity contribution in [3.63, 3.8) is 0 Å². The van der Waals surface area contributed by atoms with Gasteiger partial charge in [-0.05, 0) is 181 Å². The van der Waals surface area contributed by atoms with E-state index in [0.717, 1.165) is 43.2 Å². The van der Waals surface area contributed by atoms with Gasteiger partial charge in [0.2, 0.25) is 0 Å². The summed E-state index contributed by atoms with van der Waals surface area (Å²) in [7, 11) is 0. The molecule has 4 fully saturated rings. The van der Waals surface area contributed by atoms with Gasteiger partial charge in [0, 0.05) is 65.4 Å². The molecule has 526 valence electrons. The number of β-amino-alcohol motifs (C(OH)–C–C–N with tert-alkyl or cyclic N) is 2. The van der Waals surface area contributed by atoms with Crippen molar-refractivity contribution in [1.82, 2.24) is 30.2 Å². The Kier molecular flexibility index (Phi) is 22.2. The van der Waals surface area contributed by atoms with Gasteiger partial charge in [-0.1, -0.05) is 107 Å². The maximum atomic E-state index is 14.5. The van der Waals surface area contributed by atoms with Crippen LogP contribution in [0.15, 0.2) is 24.3 Å². The zero-order valence-electron chi connectivity index (χ0n) is 59.9. The summed E-state index contributed by atoms with van der Waals surface area (Å²) in [5.74, 6) is -4.60. The molecule has 0 aliphatic carbocycles. The van der Waals surface area contributed by atoms with Crippen LogP contribution < -0.4 is 20.8 Å². The number of imide groups is 2. The summed E-state index contributed by atoms with van der Waals surface area (Å²) >= 11 is 0. The van der Waals surface area contributed by atoms with E-state index in [0.29, 0.717) is 12.8 Å². The number of aliphatic hydroxyl groups excluding tert-OH is 2. The Morgan fingerprint density at radius 3 is 1.09 bits per heavy atom. The van der Waals surface area contributed by atoms with Gasteiger partial charge in [-0.15, -0.1) is 0 Å². The van der Waals surface area contributed by atoms with Crippen LogP contribution in [0, 0.1) is 5.41 Å². The molecule has 6 N–H and O–H groups in total. The molecule has 2 spiro atoms. The van der Waals surface area contributed by atoms with Crippen LogP contribution >= 0.6 is 0 Å². The zero-order valence-corrected chi connectivity index (χ0v) is 59.9. The van der Waals surface area contributed by atoms with Gasteiger partial charge < -0.3 is 60.3 Å². The Bertz CT molecular complexity index is 2910. The number of benzene rings is 2. The summed E-state index contributed by atoms with van der Waals surface area (Å²) in [5, 5.41) is 77.9. The molecule has 4 aliphatic heterocycles. The summed E-state index contributed by atoms with van der Waals surface area (Å²) in [4.78, 5) is 114. The first-order valence-electron chi connectivity index (χ1n) is 33.4. The fraction of sp³-hybridized carbons (Fsp3) is 0.722. The van der Waals surface area contributed by atoms with Crippen molar-refractivity contribution in [2.45, 2.75) is 289 Å². The highest BCUT2D eigenvalue weighted by Gasteiger charge is 2.63. The summed E-state index contributed by atoms with van der Waals surface area (Å²) in [6.07, 6.45) is -3.65. The van der Waals surface area contributed by atoms with E-state index in [1.165, 1.54) is 0 Å². The van der Waals surface area contributed by atoms with E-state index in [2.05, 4.69) is 10.6 Å². The van der Waals surface area contributed by atoms with Crippen LogP contribution in [0.3, 0.4) is 0 Å². The Hall–Kier alpha value is -6.36. The van der Waals surface area contributed by atoms with Gasteiger partial charge in [0.15, 0.2) is 0 Å². The molecule has 0 aromatic heterocycles. The Labute approximate surface area is 557 Å². The number of carboxylic acid groups (broad SMARTS) is 2. The molecule has 0 saturated carbocycles. The van der Waals surface area contributed by atoms with Crippen molar-refractivity contribution in [1.29, 1.82) is 0 Å². The van der Waals surface area contributed by atoms with Crippen LogP contribution in [0.25, 0.3) is 0 Å². The molecule has 4 heterocycles. The molecule has 6 amide bonds. The quantitative estimate of drug-likeness (QED) is 0.0431. The van der Waals surface area contributed by atoms with Crippen molar-refractivity contribution in [2.24, 2.45) is 5.41 Å². The van der Waals surface area contributed by atoms with Crippen LogP contribution in [0.1, 0.15) is 242 Å². The van der Waals surface area contributed by atoms with Crippen LogP contribution in [-0.2, 0) is 72.7 Å². The average Bonchev–Trinajstić information content (AvgIpc) is 1.49. The number of ether oxygens (including phenoxy) is 2. The second kappa shape index (κ2) is 27.3. The number of hydrogen-bond donors (Lipinski definition) is 6. The largest absolute Gasteiger partial charge is 0.550 e. The lowest BCUT2D eigenvalue weighted by Gasteiger charge is -2.58. The summed E-state index contributed by atoms with van der Waals surface area (Å²) in [5.41, 5.74) is -5.11. The Balaban J connectivity index is 1.07. The number of nitrogens with one attached hydrogen (secondary N) is 2. The highest BCUT2D eigenvalue weighted by Crippen LogP contribution is 2.50. The molecular weight excluding hydrogens is 1200 g/mol. The Morgan fingerprint density at radius 2 is 0.819 bits per heavy atom. The van der Waals surface area contributed by atoms with Crippen LogP contribution in [0.5, 0.6) is 11.5 Å². The highest BCUT2D eigenvalue weighted by atomic mass is 16.5. The first-order chi connectivity index (χ1) is 42.7. The Morgan fingerprint density at radius 1 is 0.521 bits per heavy atom. The smallest absolute Gasteiger partial charge is 0.325 e. The van der Waals surface area contributed by atoms with Crippen molar-refractivity contribution in [3.05, 3.63) is 57.6 Å². The molecule has 4 aliphatic rings. The number of aliphatic carboxylic acids is 2. The third-order valence-corrected chi connectivity index (χ3v) is 19.8. The van der Waals surface area contributed by atoms with Crippen LogP contribution in [-0.4, -0.2) is 173 Å². The molecule has 22 nitrogen and oxygen atoms in total. The van der Waals surface area contributed by atoms with Crippen molar-refractivity contribution < 1.29 is 78.5 Å². The number of likely N-dealkylation sites (tertiary alicyclic amines) is 2. The van der Waals surface area contributed by atoms with E-state index in [1.54, 1.807) is 0 Å². The monoisotopic (exact) mass is 1310 g/mol. The minimum absolute atomic E-state index is 0.0234. The van der Waals surface area contributed by atoms with E-state index in [9.17, 15) is 69.0 Å². The van der Waals surface area contributed by atoms with E-state index < -0.39 is 118 Å². The molecule has 2 aromatic carbocycles. The lowest BCUT2D eigenvalue weighted by atomic mass is 9.67. The molecule has 2 atom stereocenters. The number of piperidine rings is 2. The number of hydrogen-bond acceptors (Lipinski definition) is 18. The molecule has 2 aromatic rings. The van der Waals surface area contributed by atoms with Crippen molar-refractivity contribution in [2.75, 3.05) is 39.4 Å². The predicted octanol–water partition coefficient (Wildman–Crippen LogP) is 6.99. The lowest BCUT2D eigenvalue weighted by molar-refractivity contribution is -0.323. The predicted molar refractivity (Wildman–Crippen MR) is 351 cm³/mol. The summed E-state index contributed by atoms with van der Waals surface area (Å²) < 4.78 is 11.1. The molecule has 94 heavy (non-hydrogen) atoms. The number of phenolic OH excluding ortho intramolecular Hbond substituents is 2. The molecule has 0 bridgehead atoms. The van der Waals surface area contributed by atoms with E-state index in [1.807, 2.05) is 173 Å². The van der Waals surface area contributed by atoms with Crippen LogP contribution in [0.2, 0.25) is 0 Å². The number of aliphatic hydroxyl groups is 2. The number of aromatic hydroxyl groups is 2. The number of carboxylic acids is 2. The number of phenols is 2. The number of carbonyl (C=O) groups excluding carboxylic acids is 8. The maximum absolute atomic E-state index is 14.5. The van der Waals surface area contributed by atoms with Gasteiger partial charge >= 0.3 is 24.0 Å². The number of amides is 6. The fourth-order valence-corrected chi connectivity index (χ4v) is 16.0. The van der Waals surface area contributed by atoms with Gasteiger partial charge in [0.1, 0.15) is 35.8 Å². The van der Waals surface area contributed by atoms with Crippen molar-refractivity contribution >= 4 is 47.8 Å². The first kappa shape index (κ1) is 76.7. The van der Waals surface area contributed by atoms with Gasteiger partial charge in [-0.25, -0.2) is 9.59 Å². The van der Waals surface area contributed by atoms with Gasteiger partial charge in [-0.2, -0.15) is 0 Å². The number of aryl methyl sites for hydroxylation is 2. The molecule has 0 radical (unpaired) electrons. The number of carbonyl (C=O) groups is 8. The molecule has 6 rings (SSSR count). The number of rotatable bonds is 25. The highest BCUT2D eigenvalue weighted by molar-refractivity contribution is 6.08. The second-order valence-electron chi connectivity index (χ2n) is 34.1. The SMILES string of the molecule is CC(C)(C)c1cc(CCC(=O)OCCN2C(=O)NC3(CC(C)(C)N(CC(O)CC(CCCC(=O)[O-])(CC(O)CN4C(C)(C)CC5(CC4(C)C)NC(=O)N(CCOC(=O)CCc4cc(C(C)(C)C)c(O)c(C(C)(C)C)c4)C5=O)C(=O)[O-])C(C)(C)C3)C2=O)cc(C(C)(C)C)c1O. The van der Waals surface area contributed by atoms with Crippen molar-refractivity contribution in [3.8, 4) is 11.5 Å². The normalized spacial score (nSPS) is 20.8. The zero-order chi connectivity index (χ0) is 71.3. The van der Waals surface area contributed by atoms with E-state index in [-0.39, 0.29) is 124 Å². The lowest BCUT2D eigenvalue weighted by Crippen LogP contribution is -2.70. The van der Waals surface area contributed by atoms with E-state index >= 15 is 0 Å². The van der Waals surface area contributed by atoms with Crippen LogP contribution in [0.4, 0.5) is 9.59 Å². The number of urea groups is 2. The second-order valence-corrected chi connectivity index (χ2v) is 34.1. The number of esters is 2. The van der Waals surface area contributed by atoms with E-state index in [4.69, 9.17) is 9.47 Å². The van der Waals surface area contributed by atoms with Gasteiger partial charge in [0.25, 0.3) is 11.8 Å². The standard InChI is InChI=1S/C72H112N6O16/c1-62(2,3)48-32-44(33-49(55(48)85)63(4,5)6)23-25-53(83)93-30-28-75-57(87)71(73-60(75)91)40-66(13,14)77(67(15,16)41-71)38-46(79)36-70(59(89)90,27-21-22-52(81)82)37-47(80)39-78-68(17,18)42-72(43-69(78,19)20)58(88)76(61(92)74-72)29-31-94-54(84)26-24-45-34-50(64(7,8)9)56(86)51(35-45)65(10,11)12/h32-35,46-47,79-80,85-86H,21-31,36-43H2,1-20H3,(H,73,91)(H,74,92)(H,81,82)(H,89,90)/p-2.